The molecule has 0 saturated heterocycles. The molecule has 3 N–H and O–H groups in total. The molecular weight excluding hydrogens is 1310 g/mol. The Labute approximate surface area is 609 Å². The van der Waals surface area contributed by atoms with E-state index in [-0.39, 0.29) is 25.7 Å². The average molecular weight is 1450 g/mol. The molecule has 0 fully saturated rings. The van der Waals surface area contributed by atoms with Crippen LogP contribution in [0.3, 0.4) is 0 Å². The predicted molar refractivity (Wildman–Crippen MR) is 409 cm³/mol. The zero-order chi connectivity index (χ0) is 73.2. The van der Waals surface area contributed by atoms with Gasteiger partial charge in [0.05, 0.1) is 26.4 Å². The summed E-state index contributed by atoms with van der Waals surface area (Å²) < 4.78 is 68.6. The van der Waals surface area contributed by atoms with Crippen LogP contribution in [-0.2, 0) is 65.4 Å². The lowest BCUT2D eigenvalue weighted by Crippen LogP contribution is -2.30. The molecule has 0 saturated carbocycles. The zero-order valence-electron chi connectivity index (χ0n) is 63.6. The first-order chi connectivity index (χ1) is 48.7. The first-order valence-corrected chi connectivity index (χ1v) is 43.2. The largest absolute Gasteiger partial charge is 0.472 e. The maximum Gasteiger partial charge on any atom is 0.472 e. The number of ether oxygens (including phenoxy) is 4. The summed E-state index contributed by atoms with van der Waals surface area (Å²) in [6.07, 6.45) is 74.5. The second kappa shape index (κ2) is 73.8. The lowest BCUT2D eigenvalue weighted by Gasteiger charge is -2.21. The molecule has 582 valence electrons. The van der Waals surface area contributed by atoms with Crippen molar-refractivity contribution in [2.75, 3.05) is 39.6 Å². The summed E-state index contributed by atoms with van der Waals surface area (Å²) in [7, 11) is -9.94. The highest BCUT2D eigenvalue weighted by molar-refractivity contribution is 7.47. The summed E-state index contributed by atoms with van der Waals surface area (Å²) in [6.45, 7) is 4.76. The van der Waals surface area contributed by atoms with E-state index >= 15 is 0 Å². The summed E-state index contributed by atoms with van der Waals surface area (Å²) in [5, 5.41) is 10.6. The number of hydrogen-bond donors (Lipinski definition) is 3. The molecule has 19 heteroatoms. The average Bonchev–Trinajstić information content (AvgIpc) is 0.945. The van der Waals surface area contributed by atoms with Crippen molar-refractivity contribution in [2.45, 2.75) is 380 Å². The van der Waals surface area contributed by atoms with Crippen molar-refractivity contribution < 1.29 is 80.2 Å². The third-order valence-electron chi connectivity index (χ3n) is 17.2. The normalized spacial score (nSPS) is 14.3. The first kappa shape index (κ1) is 96.5. The summed E-state index contributed by atoms with van der Waals surface area (Å²) in [5.74, 6) is -2.17. The van der Waals surface area contributed by atoms with Gasteiger partial charge in [-0.15, -0.1) is 0 Å². The van der Waals surface area contributed by atoms with E-state index in [1.807, 2.05) is 0 Å². The molecule has 0 spiro atoms. The fourth-order valence-electron chi connectivity index (χ4n) is 11.1. The van der Waals surface area contributed by atoms with Gasteiger partial charge in [-0.25, -0.2) is 9.13 Å². The van der Waals surface area contributed by atoms with Crippen LogP contribution in [0.4, 0.5) is 0 Å². The highest BCUT2D eigenvalue weighted by atomic mass is 31.2. The van der Waals surface area contributed by atoms with Gasteiger partial charge in [0.1, 0.15) is 19.3 Å². The number of rotatable bonds is 76. The van der Waals surface area contributed by atoms with Crippen LogP contribution in [0.5, 0.6) is 0 Å². The van der Waals surface area contributed by atoms with Crippen molar-refractivity contribution in [1.82, 2.24) is 0 Å². The second-order valence-electron chi connectivity index (χ2n) is 27.0. The van der Waals surface area contributed by atoms with Gasteiger partial charge in [0.25, 0.3) is 0 Å². The Morgan fingerprint density at radius 1 is 0.290 bits per heavy atom. The van der Waals surface area contributed by atoms with Crippen LogP contribution in [0.15, 0.2) is 72.9 Å². The van der Waals surface area contributed by atoms with Gasteiger partial charge in [-0.1, -0.05) is 312 Å². The SMILES string of the molecule is CC/C=C\C/C=C\C/C=C\CCCCCCCC(=O)OCC(COP(=O)(O)OCC(O)COP(=O)(O)OCC(COC(=O)CCCCCCCC/C=C\C/C=C\C/C=C\CCCCC)OC(=O)CCCCCCCCCCCCCCCCC)OC(=O)CCCCCCCCCCCCC. The fraction of sp³-hybridized carbons (Fsp3) is 0.802. The number of carbonyl (C=O) groups excluding carboxylic acids is 4. The Bertz CT molecular complexity index is 2180. The van der Waals surface area contributed by atoms with Gasteiger partial charge in [0, 0.05) is 25.7 Å². The van der Waals surface area contributed by atoms with Crippen molar-refractivity contribution >= 4 is 39.5 Å². The summed E-state index contributed by atoms with van der Waals surface area (Å²) in [5.41, 5.74) is 0. The molecule has 0 radical (unpaired) electrons. The van der Waals surface area contributed by atoms with E-state index in [4.69, 9.17) is 37.0 Å². The van der Waals surface area contributed by atoms with Crippen LogP contribution in [0.1, 0.15) is 362 Å². The molecule has 0 aliphatic carbocycles. The number of phosphoric ester groups is 2. The summed E-state index contributed by atoms with van der Waals surface area (Å²) in [4.78, 5) is 72.9. The van der Waals surface area contributed by atoms with E-state index in [1.165, 1.54) is 122 Å². The van der Waals surface area contributed by atoms with Gasteiger partial charge < -0.3 is 33.8 Å². The van der Waals surface area contributed by atoms with Crippen molar-refractivity contribution in [3.63, 3.8) is 0 Å². The van der Waals surface area contributed by atoms with Crippen LogP contribution >= 0.6 is 15.6 Å². The maximum atomic E-state index is 13.1. The number of unbranched alkanes of at least 4 members (excludes halogenated alkanes) is 38. The minimum atomic E-state index is -4.97. The predicted octanol–water partition coefficient (Wildman–Crippen LogP) is 23.2. The molecule has 5 unspecified atom stereocenters. The Balaban J connectivity index is 5.31. The number of carbonyl (C=O) groups is 4. The minimum absolute atomic E-state index is 0.0958. The van der Waals surface area contributed by atoms with E-state index < -0.39 is 97.5 Å². The van der Waals surface area contributed by atoms with Gasteiger partial charge in [0.15, 0.2) is 12.2 Å². The second-order valence-corrected chi connectivity index (χ2v) is 29.9. The van der Waals surface area contributed by atoms with E-state index in [2.05, 4.69) is 101 Å². The molecule has 100 heavy (non-hydrogen) atoms. The van der Waals surface area contributed by atoms with Gasteiger partial charge >= 0.3 is 39.5 Å². The quantitative estimate of drug-likeness (QED) is 0.0169. The molecule has 0 aromatic carbocycles. The van der Waals surface area contributed by atoms with Crippen molar-refractivity contribution in [3.05, 3.63) is 72.9 Å². The van der Waals surface area contributed by atoms with E-state index in [9.17, 15) is 43.2 Å². The number of aliphatic hydroxyl groups is 1. The molecule has 0 aliphatic rings. The lowest BCUT2D eigenvalue weighted by molar-refractivity contribution is -0.161. The van der Waals surface area contributed by atoms with Crippen molar-refractivity contribution in [1.29, 1.82) is 0 Å². The molecule has 5 atom stereocenters. The molecule has 0 rings (SSSR count). The van der Waals surface area contributed by atoms with Gasteiger partial charge in [-0.2, -0.15) is 0 Å². The number of hydrogen-bond acceptors (Lipinski definition) is 15. The highest BCUT2D eigenvalue weighted by Crippen LogP contribution is 2.45. The van der Waals surface area contributed by atoms with E-state index in [0.29, 0.717) is 25.7 Å². The monoisotopic (exact) mass is 1450 g/mol. The van der Waals surface area contributed by atoms with Crippen LogP contribution < -0.4 is 0 Å². The summed E-state index contributed by atoms with van der Waals surface area (Å²) in [6, 6.07) is 0. The highest BCUT2D eigenvalue weighted by Gasteiger charge is 2.30. The third-order valence-corrected chi connectivity index (χ3v) is 19.1. The Kier molecular flexibility index (Phi) is 71.2. The summed E-state index contributed by atoms with van der Waals surface area (Å²) >= 11 is 0. The molecule has 0 aliphatic heterocycles. The van der Waals surface area contributed by atoms with Crippen LogP contribution in [0, 0.1) is 0 Å². The molecular formula is C81H146O17P2. The minimum Gasteiger partial charge on any atom is -0.462 e. The van der Waals surface area contributed by atoms with Gasteiger partial charge in [-0.05, 0) is 96.3 Å². The zero-order valence-corrected chi connectivity index (χ0v) is 65.4. The Morgan fingerprint density at radius 2 is 0.520 bits per heavy atom. The van der Waals surface area contributed by atoms with Crippen molar-refractivity contribution in [2.24, 2.45) is 0 Å². The Hall–Kier alpha value is -3.50. The molecule has 0 bridgehead atoms. The standard InChI is InChI=1S/C81H146O17P2/c1-5-9-13-17-21-25-29-32-35-36-37-38-41-43-47-50-54-58-62-66-79(84)92-72-77(98-81(86)68-64-60-56-52-48-44-40-34-31-27-23-19-15-11-7-3)74-96-100(89,90)94-70-75(82)69-93-99(87,88)95-73-76(97-80(85)67-63-59-55-51-45-28-24-20-16-12-8-4)71-91-78(83)65-61-57-53-49-46-42-39-33-30-26-22-18-14-10-6-2/h10,14,21-22,25-26,32-33,35,37-39,75-77,82H,5-9,11-13,15-20,23-24,27-31,34,36,40-74H2,1-4H3,(H,87,88)(H,89,90)/b14-10-,25-21-,26-22-,35-32-,38-37-,39-33-. The molecule has 17 nitrogen and oxygen atoms in total. The van der Waals surface area contributed by atoms with Gasteiger partial charge in [-0.3, -0.25) is 37.3 Å². The fourth-order valence-corrected chi connectivity index (χ4v) is 12.6. The maximum absolute atomic E-state index is 13.1. The molecule has 0 aromatic rings. The third kappa shape index (κ3) is 72.8. The lowest BCUT2D eigenvalue weighted by atomic mass is 10.0. The number of aliphatic hydroxyl groups excluding tert-OH is 1. The molecule has 0 heterocycles. The molecule has 0 amide bonds. The van der Waals surface area contributed by atoms with E-state index in [1.54, 1.807) is 0 Å². The number of allylic oxidation sites excluding steroid dienone is 12. The molecule has 0 aromatic heterocycles. The number of phosphoric acid groups is 2. The van der Waals surface area contributed by atoms with Crippen LogP contribution in [-0.4, -0.2) is 96.7 Å². The van der Waals surface area contributed by atoms with Crippen LogP contribution in [0.2, 0.25) is 0 Å². The van der Waals surface area contributed by atoms with Gasteiger partial charge in [0.2, 0.25) is 0 Å². The smallest absolute Gasteiger partial charge is 0.462 e. The Morgan fingerprint density at radius 3 is 0.820 bits per heavy atom. The number of esters is 4. The van der Waals surface area contributed by atoms with Crippen LogP contribution in [0.25, 0.3) is 0 Å². The van der Waals surface area contributed by atoms with Crippen molar-refractivity contribution in [3.8, 4) is 0 Å². The first-order valence-electron chi connectivity index (χ1n) is 40.2. The topological polar surface area (TPSA) is 237 Å². The van der Waals surface area contributed by atoms with E-state index in [0.717, 1.165) is 161 Å².